The molecule has 1 saturated carbocycles. The van der Waals surface area contributed by atoms with E-state index in [0.29, 0.717) is 37.6 Å². The van der Waals surface area contributed by atoms with Crippen molar-refractivity contribution >= 4 is 29.4 Å². The highest BCUT2D eigenvalue weighted by molar-refractivity contribution is 6.23. The number of hydrogen-bond acceptors (Lipinski definition) is 7. The fourth-order valence-electron chi connectivity index (χ4n) is 5.47. The molecule has 2 aliphatic heterocycles. The van der Waals surface area contributed by atoms with Crippen LogP contribution in [-0.2, 0) is 23.9 Å². The summed E-state index contributed by atoms with van der Waals surface area (Å²) in [4.78, 5) is 57.1. The molecule has 9 nitrogen and oxygen atoms in total. The van der Waals surface area contributed by atoms with Crippen LogP contribution < -0.4 is 4.90 Å². The molecule has 1 unspecified atom stereocenters. The summed E-state index contributed by atoms with van der Waals surface area (Å²) in [7, 11) is 1.29. The maximum absolute atomic E-state index is 13.8. The molecule has 0 bridgehead atoms. The van der Waals surface area contributed by atoms with Crippen molar-refractivity contribution in [2.45, 2.75) is 40.2 Å². The topological polar surface area (TPSA) is 96.5 Å². The number of hydrogen-bond donors (Lipinski definition) is 0. The molecule has 0 N–H and O–H groups in total. The van der Waals surface area contributed by atoms with Gasteiger partial charge in [-0.25, -0.2) is 9.69 Å². The summed E-state index contributed by atoms with van der Waals surface area (Å²) >= 11 is 0. The summed E-state index contributed by atoms with van der Waals surface area (Å²) in [5.74, 6) is -1.54. The number of rotatable bonds is 7. The SMILES string of the molecule is COC(=O)c1ccc(N2C(=O)CC(N(CCN3CCOCC3)C(=O)C3C(C)(C)C3(C)C)C2=O)cc1. The number of amides is 3. The van der Waals surface area contributed by atoms with Crippen LogP contribution in [0.4, 0.5) is 5.69 Å². The molecule has 190 valence electrons. The molecule has 9 heteroatoms. The van der Waals surface area contributed by atoms with E-state index in [9.17, 15) is 19.2 Å². The second-order valence-corrected chi connectivity index (χ2v) is 10.7. The molecule has 0 spiro atoms. The Labute approximate surface area is 206 Å². The predicted octanol–water partition coefficient (Wildman–Crippen LogP) is 1.95. The largest absolute Gasteiger partial charge is 0.465 e. The lowest BCUT2D eigenvalue weighted by atomic mass is 10.0. The van der Waals surface area contributed by atoms with Gasteiger partial charge in [-0.15, -0.1) is 0 Å². The predicted molar refractivity (Wildman–Crippen MR) is 129 cm³/mol. The monoisotopic (exact) mass is 485 g/mol. The van der Waals surface area contributed by atoms with E-state index in [2.05, 4.69) is 32.6 Å². The van der Waals surface area contributed by atoms with Crippen molar-refractivity contribution in [3.8, 4) is 0 Å². The van der Waals surface area contributed by atoms with E-state index < -0.39 is 17.9 Å². The quantitative estimate of drug-likeness (QED) is 0.430. The van der Waals surface area contributed by atoms with E-state index in [1.807, 2.05) is 0 Å². The molecule has 3 amide bonds. The summed E-state index contributed by atoms with van der Waals surface area (Å²) in [6.07, 6.45) is -0.0555. The van der Waals surface area contributed by atoms with Gasteiger partial charge in [-0.2, -0.15) is 0 Å². The summed E-state index contributed by atoms with van der Waals surface area (Å²) in [6.45, 7) is 12.1. The van der Waals surface area contributed by atoms with Gasteiger partial charge in [0, 0.05) is 32.1 Å². The Morgan fingerprint density at radius 3 is 2.20 bits per heavy atom. The molecule has 3 fully saturated rings. The maximum Gasteiger partial charge on any atom is 0.337 e. The van der Waals surface area contributed by atoms with Gasteiger partial charge in [0.05, 0.1) is 38.0 Å². The Hall–Kier alpha value is -2.78. The summed E-state index contributed by atoms with van der Waals surface area (Å²) < 4.78 is 10.1. The first-order valence-electron chi connectivity index (χ1n) is 12.2. The minimum absolute atomic E-state index is 0.0555. The second-order valence-electron chi connectivity index (χ2n) is 10.7. The number of esters is 1. The van der Waals surface area contributed by atoms with Crippen LogP contribution in [0.2, 0.25) is 0 Å². The smallest absolute Gasteiger partial charge is 0.337 e. The van der Waals surface area contributed by atoms with E-state index in [0.717, 1.165) is 18.0 Å². The van der Waals surface area contributed by atoms with E-state index in [4.69, 9.17) is 9.47 Å². The van der Waals surface area contributed by atoms with Gasteiger partial charge in [-0.1, -0.05) is 27.7 Å². The minimum atomic E-state index is -0.844. The number of anilines is 1. The number of carbonyl (C=O) groups excluding carboxylic acids is 4. The third-order valence-corrected chi connectivity index (χ3v) is 8.36. The van der Waals surface area contributed by atoms with Gasteiger partial charge in [0.15, 0.2) is 0 Å². The molecular formula is C26H35N3O6. The van der Waals surface area contributed by atoms with Gasteiger partial charge in [0.1, 0.15) is 6.04 Å². The van der Waals surface area contributed by atoms with Crippen molar-refractivity contribution in [2.75, 3.05) is 51.4 Å². The lowest BCUT2D eigenvalue weighted by Crippen LogP contribution is -2.50. The number of ether oxygens (including phenoxy) is 2. The number of nitrogens with zero attached hydrogens (tertiary/aromatic N) is 3. The highest BCUT2D eigenvalue weighted by Gasteiger charge is 2.69. The zero-order valence-corrected chi connectivity index (χ0v) is 21.2. The normalized spacial score (nSPS) is 23.9. The molecule has 4 rings (SSSR count). The number of imide groups is 1. The second kappa shape index (κ2) is 9.35. The number of morpholine rings is 1. The number of carbonyl (C=O) groups is 4. The fourth-order valence-corrected chi connectivity index (χ4v) is 5.47. The van der Waals surface area contributed by atoms with Gasteiger partial charge in [-0.05, 0) is 35.1 Å². The molecule has 1 aromatic carbocycles. The molecule has 1 atom stereocenters. The zero-order chi connectivity index (χ0) is 25.5. The average Bonchev–Trinajstić information content (AvgIpc) is 3.07. The van der Waals surface area contributed by atoms with Crippen LogP contribution in [0.5, 0.6) is 0 Å². The minimum Gasteiger partial charge on any atom is -0.465 e. The van der Waals surface area contributed by atoms with Crippen molar-refractivity contribution in [2.24, 2.45) is 16.7 Å². The van der Waals surface area contributed by atoms with Crippen molar-refractivity contribution in [3.05, 3.63) is 29.8 Å². The molecule has 2 heterocycles. The van der Waals surface area contributed by atoms with Crippen LogP contribution in [0, 0.1) is 16.7 Å². The fraction of sp³-hybridized carbons (Fsp3) is 0.615. The maximum atomic E-state index is 13.8. The molecule has 35 heavy (non-hydrogen) atoms. The van der Waals surface area contributed by atoms with Crippen LogP contribution in [-0.4, -0.2) is 86.0 Å². The Kier molecular flexibility index (Phi) is 6.76. The molecule has 1 aromatic rings. The molecule has 0 aromatic heterocycles. The third-order valence-electron chi connectivity index (χ3n) is 8.36. The van der Waals surface area contributed by atoms with Crippen molar-refractivity contribution in [1.82, 2.24) is 9.80 Å². The van der Waals surface area contributed by atoms with E-state index in [-0.39, 0.29) is 35.0 Å². The van der Waals surface area contributed by atoms with Crippen LogP contribution in [0.1, 0.15) is 44.5 Å². The number of methoxy groups -OCH3 is 1. The Balaban J connectivity index is 1.56. The van der Waals surface area contributed by atoms with Crippen LogP contribution in [0.25, 0.3) is 0 Å². The lowest BCUT2D eigenvalue weighted by molar-refractivity contribution is -0.140. The van der Waals surface area contributed by atoms with Gasteiger partial charge >= 0.3 is 5.97 Å². The van der Waals surface area contributed by atoms with Crippen molar-refractivity contribution in [1.29, 1.82) is 0 Å². The molecule has 0 radical (unpaired) electrons. The van der Waals surface area contributed by atoms with E-state index >= 15 is 0 Å². The van der Waals surface area contributed by atoms with Gasteiger partial charge < -0.3 is 14.4 Å². The highest BCUT2D eigenvalue weighted by Crippen LogP contribution is 2.69. The first-order valence-corrected chi connectivity index (χ1v) is 12.2. The summed E-state index contributed by atoms with van der Waals surface area (Å²) in [5.41, 5.74) is 0.336. The van der Waals surface area contributed by atoms with E-state index in [1.54, 1.807) is 17.0 Å². The molecular weight excluding hydrogens is 450 g/mol. The lowest BCUT2D eigenvalue weighted by Gasteiger charge is -2.33. The van der Waals surface area contributed by atoms with Gasteiger partial charge in [0.2, 0.25) is 11.8 Å². The van der Waals surface area contributed by atoms with Gasteiger partial charge in [0.25, 0.3) is 5.91 Å². The summed E-state index contributed by atoms with van der Waals surface area (Å²) in [6, 6.07) is 5.30. The van der Waals surface area contributed by atoms with Crippen LogP contribution in [0.15, 0.2) is 24.3 Å². The van der Waals surface area contributed by atoms with Crippen LogP contribution in [0.3, 0.4) is 0 Å². The zero-order valence-electron chi connectivity index (χ0n) is 21.2. The summed E-state index contributed by atoms with van der Waals surface area (Å²) in [5, 5.41) is 0. The van der Waals surface area contributed by atoms with Crippen molar-refractivity contribution in [3.63, 3.8) is 0 Å². The molecule has 2 saturated heterocycles. The Morgan fingerprint density at radius 1 is 1.06 bits per heavy atom. The molecule has 1 aliphatic carbocycles. The molecule has 3 aliphatic rings. The average molecular weight is 486 g/mol. The van der Waals surface area contributed by atoms with Gasteiger partial charge in [-0.3, -0.25) is 19.3 Å². The Morgan fingerprint density at radius 2 is 1.66 bits per heavy atom. The van der Waals surface area contributed by atoms with E-state index in [1.165, 1.54) is 19.2 Å². The van der Waals surface area contributed by atoms with Crippen LogP contribution >= 0.6 is 0 Å². The third kappa shape index (κ3) is 4.47. The first-order chi connectivity index (χ1) is 16.5. The highest BCUT2D eigenvalue weighted by atomic mass is 16.5. The Bertz CT molecular complexity index is 998. The number of benzene rings is 1. The van der Waals surface area contributed by atoms with Crippen molar-refractivity contribution < 1.29 is 28.7 Å². The standard InChI is InChI=1S/C26H35N3O6/c1-25(2)21(26(25,3)4)23(32)28(11-10-27-12-14-35-15-13-27)19-16-20(30)29(22(19)31)18-8-6-17(7-9-18)24(33)34-5/h6-9,19,21H,10-16H2,1-5H3. The first kappa shape index (κ1) is 25.3.